The average molecular weight is 388 g/mol. The van der Waals surface area contributed by atoms with Gasteiger partial charge in [-0.25, -0.2) is 19.4 Å². The number of nitrogen functional groups attached to an aromatic ring is 1. The summed E-state index contributed by atoms with van der Waals surface area (Å²) in [5, 5.41) is 14.2. The number of halogens is 1. The molecule has 1 fully saturated rings. The number of nitrogens with two attached hydrogens (primary N) is 1. The van der Waals surface area contributed by atoms with E-state index < -0.39 is 6.09 Å². The number of likely N-dealkylation sites (tertiary alicyclic amines) is 1. The number of hydrogen-bond acceptors (Lipinski definition) is 5. The quantitative estimate of drug-likeness (QED) is 0.744. The Morgan fingerprint density at radius 1 is 1.55 bits per heavy atom. The van der Waals surface area contributed by atoms with Gasteiger partial charge >= 0.3 is 6.09 Å². The first-order chi connectivity index (χ1) is 9.56. The van der Waals surface area contributed by atoms with Crippen molar-refractivity contribution in [3.8, 4) is 0 Å². The highest BCUT2D eigenvalue weighted by molar-refractivity contribution is 14.1. The molecule has 0 aliphatic carbocycles. The standard InChI is InChI=1S/C11H13IN6O2/c12-8-7-9(13)14-5-15-10(7)18(16-8)4-6-1-2-17(3-6)11(19)20/h5-6H,1-4H2,(H,19,20)(H2,13,14,15). The number of hydrogen-bond donors (Lipinski definition) is 2. The van der Waals surface area contributed by atoms with Crippen LogP contribution < -0.4 is 5.73 Å². The third-order valence-electron chi connectivity index (χ3n) is 3.50. The lowest BCUT2D eigenvalue weighted by Crippen LogP contribution is -2.27. The molecule has 1 aliphatic rings. The second-order valence-corrected chi connectivity index (χ2v) is 5.84. The SMILES string of the molecule is Nc1ncnc2c1c(I)nn2CC1CCN(C(=O)O)C1. The van der Waals surface area contributed by atoms with Gasteiger partial charge in [0.2, 0.25) is 0 Å². The van der Waals surface area contributed by atoms with Crippen molar-refractivity contribution in [3.63, 3.8) is 0 Å². The largest absolute Gasteiger partial charge is 0.465 e. The van der Waals surface area contributed by atoms with Crippen LogP contribution in [0.2, 0.25) is 0 Å². The van der Waals surface area contributed by atoms with Crippen molar-refractivity contribution < 1.29 is 9.90 Å². The molecule has 1 saturated heterocycles. The number of amides is 1. The van der Waals surface area contributed by atoms with E-state index >= 15 is 0 Å². The molecule has 3 rings (SSSR count). The molecule has 1 amide bonds. The predicted octanol–water partition coefficient (Wildman–Crippen LogP) is 1.01. The highest BCUT2D eigenvalue weighted by atomic mass is 127. The number of carboxylic acid groups (broad SMARTS) is 1. The molecule has 20 heavy (non-hydrogen) atoms. The molecule has 9 heteroatoms. The van der Waals surface area contributed by atoms with Crippen molar-refractivity contribution in [1.82, 2.24) is 24.6 Å². The molecule has 0 bridgehead atoms. The second kappa shape index (κ2) is 5.04. The number of carbonyl (C=O) groups is 1. The monoisotopic (exact) mass is 388 g/mol. The lowest BCUT2D eigenvalue weighted by Gasteiger charge is -2.12. The molecule has 1 aliphatic heterocycles. The first-order valence-corrected chi connectivity index (χ1v) is 7.24. The minimum absolute atomic E-state index is 0.251. The Labute approximate surface area is 128 Å². The highest BCUT2D eigenvalue weighted by Gasteiger charge is 2.27. The third-order valence-corrected chi connectivity index (χ3v) is 4.26. The van der Waals surface area contributed by atoms with Gasteiger partial charge in [-0.1, -0.05) is 0 Å². The van der Waals surface area contributed by atoms with E-state index in [-0.39, 0.29) is 5.92 Å². The fourth-order valence-electron chi connectivity index (χ4n) is 2.51. The van der Waals surface area contributed by atoms with Crippen LogP contribution in [0.1, 0.15) is 6.42 Å². The lowest BCUT2D eigenvalue weighted by molar-refractivity contribution is 0.153. The smallest absolute Gasteiger partial charge is 0.407 e. The van der Waals surface area contributed by atoms with E-state index in [1.54, 1.807) is 4.68 Å². The van der Waals surface area contributed by atoms with Crippen LogP contribution in [0, 0.1) is 9.62 Å². The van der Waals surface area contributed by atoms with Gasteiger partial charge in [0, 0.05) is 19.6 Å². The maximum absolute atomic E-state index is 10.9. The van der Waals surface area contributed by atoms with Crippen molar-refractivity contribution >= 4 is 45.5 Å². The summed E-state index contributed by atoms with van der Waals surface area (Å²) in [6, 6.07) is 0. The Kier molecular flexibility index (Phi) is 3.36. The Bertz CT molecular complexity index is 672. The van der Waals surface area contributed by atoms with E-state index in [1.807, 2.05) is 0 Å². The minimum atomic E-state index is -0.862. The molecule has 8 nitrogen and oxygen atoms in total. The van der Waals surface area contributed by atoms with Crippen LogP contribution in [0.25, 0.3) is 11.0 Å². The normalized spacial score (nSPS) is 18.9. The molecule has 3 N–H and O–H groups in total. The summed E-state index contributed by atoms with van der Waals surface area (Å²) in [6.07, 6.45) is 1.40. The lowest BCUT2D eigenvalue weighted by atomic mass is 10.1. The third kappa shape index (κ3) is 2.25. The number of fused-ring (bicyclic) bond motifs is 1. The van der Waals surface area contributed by atoms with Crippen molar-refractivity contribution in [2.24, 2.45) is 5.92 Å². The highest BCUT2D eigenvalue weighted by Crippen LogP contribution is 2.25. The average Bonchev–Trinajstić information content (AvgIpc) is 2.97. The van der Waals surface area contributed by atoms with Gasteiger partial charge in [0.1, 0.15) is 15.8 Å². The maximum atomic E-state index is 10.9. The minimum Gasteiger partial charge on any atom is -0.465 e. The summed E-state index contributed by atoms with van der Waals surface area (Å²) in [7, 11) is 0. The van der Waals surface area contributed by atoms with Crippen LogP contribution >= 0.6 is 22.6 Å². The fraction of sp³-hybridized carbons (Fsp3) is 0.455. The van der Waals surface area contributed by atoms with Gasteiger partial charge < -0.3 is 15.7 Å². The molecular weight excluding hydrogens is 375 g/mol. The molecule has 2 aromatic rings. The van der Waals surface area contributed by atoms with Crippen LogP contribution in [0.15, 0.2) is 6.33 Å². The first-order valence-electron chi connectivity index (χ1n) is 6.16. The van der Waals surface area contributed by atoms with E-state index in [0.29, 0.717) is 31.1 Å². The Morgan fingerprint density at radius 3 is 3.05 bits per heavy atom. The molecule has 1 atom stereocenters. The van der Waals surface area contributed by atoms with Gasteiger partial charge in [-0.15, -0.1) is 0 Å². The number of aromatic nitrogens is 4. The van der Waals surface area contributed by atoms with Gasteiger partial charge in [0.05, 0.1) is 5.39 Å². The zero-order valence-electron chi connectivity index (χ0n) is 10.5. The van der Waals surface area contributed by atoms with Crippen molar-refractivity contribution in [2.75, 3.05) is 18.8 Å². The van der Waals surface area contributed by atoms with E-state index in [1.165, 1.54) is 11.2 Å². The fourth-order valence-corrected chi connectivity index (χ4v) is 3.29. The van der Waals surface area contributed by atoms with Crippen molar-refractivity contribution in [1.29, 1.82) is 0 Å². The zero-order chi connectivity index (χ0) is 14.3. The molecule has 2 aromatic heterocycles. The zero-order valence-corrected chi connectivity index (χ0v) is 12.7. The molecular formula is C11H13IN6O2. The van der Waals surface area contributed by atoms with Crippen LogP contribution in [0.3, 0.4) is 0 Å². The summed E-state index contributed by atoms with van der Waals surface area (Å²) >= 11 is 2.11. The molecule has 0 aromatic carbocycles. The Morgan fingerprint density at radius 2 is 2.35 bits per heavy atom. The van der Waals surface area contributed by atoms with Gasteiger partial charge in [-0.3, -0.25) is 0 Å². The molecule has 1 unspecified atom stereocenters. The summed E-state index contributed by atoms with van der Waals surface area (Å²) in [4.78, 5) is 20.6. The summed E-state index contributed by atoms with van der Waals surface area (Å²) in [6.45, 7) is 1.75. The summed E-state index contributed by atoms with van der Waals surface area (Å²) in [5.74, 6) is 0.672. The van der Waals surface area contributed by atoms with Gasteiger partial charge in [-0.2, -0.15) is 5.10 Å². The number of nitrogens with zero attached hydrogens (tertiary/aromatic N) is 5. The van der Waals surface area contributed by atoms with Gasteiger partial charge in [0.25, 0.3) is 0 Å². The van der Waals surface area contributed by atoms with E-state index in [4.69, 9.17) is 10.8 Å². The maximum Gasteiger partial charge on any atom is 0.407 e. The number of anilines is 1. The topological polar surface area (TPSA) is 110 Å². The molecule has 0 spiro atoms. The van der Waals surface area contributed by atoms with Crippen LogP contribution in [0.4, 0.5) is 10.6 Å². The van der Waals surface area contributed by atoms with Gasteiger partial charge in [0.15, 0.2) is 5.65 Å². The van der Waals surface area contributed by atoms with E-state index in [0.717, 1.165) is 15.5 Å². The van der Waals surface area contributed by atoms with E-state index in [2.05, 4.69) is 37.7 Å². The molecule has 3 heterocycles. The Balaban J connectivity index is 1.86. The van der Waals surface area contributed by atoms with Crippen LogP contribution in [-0.2, 0) is 6.54 Å². The molecule has 0 saturated carbocycles. The summed E-state index contributed by atoms with van der Waals surface area (Å²) in [5.41, 5.74) is 6.55. The summed E-state index contributed by atoms with van der Waals surface area (Å²) < 4.78 is 2.56. The molecule has 106 valence electrons. The first kappa shape index (κ1) is 13.3. The van der Waals surface area contributed by atoms with Crippen LogP contribution in [0.5, 0.6) is 0 Å². The second-order valence-electron chi connectivity index (χ2n) is 4.81. The van der Waals surface area contributed by atoms with Crippen LogP contribution in [-0.4, -0.2) is 48.9 Å². The molecule has 0 radical (unpaired) electrons. The van der Waals surface area contributed by atoms with Crippen molar-refractivity contribution in [3.05, 3.63) is 10.0 Å². The van der Waals surface area contributed by atoms with Crippen molar-refractivity contribution in [2.45, 2.75) is 13.0 Å². The van der Waals surface area contributed by atoms with E-state index in [9.17, 15) is 4.79 Å². The van der Waals surface area contributed by atoms with Gasteiger partial charge in [-0.05, 0) is 34.9 Å². The predicted molar refractivity (Wildman–Crippen MR) is 80.2 cm³/mol. The number of rotatable bonds is 2. The Hall–Kier alpha value is -1.65.